The molecule has 0 radical (unpaired) electrons. The van der Waals surface area contributed by atoms with Crippen molar-refractivity contribution >= 4 is 27.8 Å². The Labute approximate surface area is 135 Å². The van der Waals surface area contributed by atoms with Crippen LogP contribution in [0.3, 0.4) is 0 Å². The van der Waals surface area contributed by atoms with E-state index in [2.05, 4.69) is 4.99 Å². The second-order valence-electron chi connectivity index (χ2n) is 5.26. The number of hydrogen-bond acceptors (Lipinski definition) is 6. The smallest absolute Gasteiger partial charge is 0.343 e. The Balaban J connectivity index is 2.55. The topological polar surface area (TPSA) is 93.0 Å². The van der Waals surface area contributed by atoms with Gasteiger partial charge in [0.05, 0.1) is 17.5 Å². The van der Waals surface area contributed by atoms with Crippen LogP contribution in [0.2, 0.25) is 0 Å². The fraction of sp³-hybridized carbons (Fsp3) is 0.375. The van der Waals surface area contributed by atoms with Crippen LogP contribution in [0.1, 0.15) is 25.3 Å². The van der Waals surface area contributed by atoms with Crippen molar-refractivity contribution in [1.29, 1.82) is 0 Å². The molecule has 0 amide bonds. The molecule has 0 aromatic heterocycles. The van der Waals surface area contributed by atoms with Crippen LogP contribution in [0.4, 0.5) is 0 Å². The second-order valence-corrected chi connectivity index (χ2v) is 7.24. The maximum absolute atomic E-state index is 12.1. The Morgan fingerprint density at radius 1 is 1.39 bits per heavy atom. The van der Waals surface area contributed by atoms with Crippen molar-refractivity contribution in [2.75, 3.05) is 12.9 Å². The van der Waals surface area contributed by atoms with Gasteiger partial charge >= 0.3 is 5.97 Å². The number of benzene rings is 1. The lowest BCUT2D eigenvalue weighted by atomic mass is 10.1. The zero-order chi connectivity index (χ0) is 17.0. The summed E-state index contributed by atoms with van der Waals surface area (Å²) in [6.45, 7) is 1.79. The summed E-state index contributed by atoms with van der Waals surface area (Å²) in [6.07, 6.45) is 4.19. The Kier molecular flexibility index (Phi) is 5.20. The van der Waals surface area contributed by atoms with Crippen molar-refractivity contribution in [3.05, 3.63) is 35.4 Å². The molecule has 0 bridgehead atoms. The van der Waals surface area contributed by atoms with Gasteiger partial charge in [-0.15, -0.1) is 0 Å². The van der Waals surface area contributed by atoms with Crippen LogP contribution in [0.15, 0.2) is 39.7 Å². The van der Waals surface area contributed by atoms with Crippen LogP contribution < -0.4 is 0 Å². The Bertz CT molecular complexity index is 760. The normalized spacial score (nSPS) is 16.3. The number of hydrogen-bond donors (Lipinski definition) is 1. The van der Waals surface area contributed by atoms with Crippen LogP contribution in [0.5, 0.6) is 0 Å². The standard InChI is InChI=1S/C16H19NO5S/c1-3-22-16(19)13(10-17-11-8-9-11)15(18)12-6-4-5-7-14(12)23(2,20)21/h4-7,10-11,18H,3,8-9H2,1-2H3. The summed E-state index contributed by atoms with van der Waals surface area (Å²) < 4.78 is 28.7. The zero-order valence-electron chi connectivity index (χ0n) is 13.0. The summed E-state index contributed by atoms with van der Waals surface area (Å²) in [5, 5.41) is 10.5. The third-order valence-corrected chi connectivity index (χ3v) is 4.41. The van der Waals surface area contributed by atoms with Crippen LogP contribution in [-0.2, 0) is 19.4 Å². The number of nitrogens with zero attached hydrogens (tertiary/aromatic N) is 1. The zero-order valence-corrected chi connectivity index (χ0v) is 13.8. The quantitative estimate of drug-likeness (QED) is 0.371. The highest BCUT2D eigenvalue weighted by Crippen LogP contribution is 2.26. The van der Waals surface area contributed by atoms with Gasteiger partial charge in [-0.05, 0) is 31.9 Å². The van der Waals surface area contributed by atoms with Crippen molar-refractivity contribution in [3.63, 3.8) is 0 Å². The third-order valence-electron chi connectivity index (χ3n) is 3.25. The molecule has 124 valence electrons. The molecule has 1 aromatic rings. The number of aliphatic imine (C=N–C) groups is 1. The van der Waals surface area contributed by atoms with E-state index in [0.717, 1.165) is 19.1 Å². The second kappa shape index (κ2) is 6.95. The first-order chi connectivity index (χ1) is 10.8. The predicted octanol–water partition coefficient (Wildman–Crippen LogP) is 2.16. The molecule has 1 saturated carbocycles. The number of carbonyl (C=O) groups excluding carboxylic acids is 1. The van der Waals surface area contributed by atoms with Crippen molar-refractivity contribution in [1.82, 2.24) is 0 Å². The molecule has 0 aliphatic heterocycles. The summed E-state index contributed by atoms with van der Waals surface area (Å²) in [5.74, 6) is -1.19. The predicted molar refractivity (Wildman–Crippen MR) is 87.2 cm³/mol. The largest absolute Gasteiger partial charge is 0.506 e. The Hall–Kier alpha value is -2.15. The molecular weight excluding hydrogens is 318 g/mol. The number of esters is 1. The average Bonchev–Trinajstić information content (AvgIpc) is 3.31. The van der Waals surface area contributed by atoms with E-state index in [0.29, 0.717) is 0 Å². The molecule has 1 aliphatic carbocycles. The first-order valence-corrected chi connectivity index (χ1v) is 9.16. The minimum atomic E-state index is -3.56. The van der Waals surface area contributed by atoms with Gasteiger partial charge in [-0.2, -0.15) is 0 Å². The van der Waals surface area contributed by atoms with Gasteiger partial charge in [0.15, 0.2) is 9.84 Å². The summed E-state index contributed by atoms with van der Waals surface area (Å²) >= 11 is 0. The number of aliphatic hydroxyl groups excluding tert-OH is 1. The van der Waals surface area contributed by atoms with Gasteiger partial charge < -0.3 is 9.84 Å². The molecule has 1 aromatic carbocycles. The van der Waals surface area contributed by atoms with Crippen molar-refractivity contribution in [3.8, 4) is 0 Å². The van der Waals surface area contributed by atoms with Gasteiger partial charge in [0.1, 0.15) is 11.3 Å². The van der Waals surface area contributed by atoms with Crippen LogP contribution in [0.25, 0.3) is 5.76 Å². The van der Waals surface area contributed by atoms with Crippen molar-refractivity contribution in [2.24, 2.45) is 4.99 Å². The van der Waals surface area contributed by atoms with Crippen molar-refractivity contribution < 1.29 is 23.1 Å². The van der Waals surface area contributed by atoms with E-state index in [1.165, 1.54) is 18.3 Å². The maximum Gasteiger partial charge on any atom is 0.343 e. The lowest BCUT2D eigenvalue weighted by molar-refractivity contribution is -0.137. The Morgan fingerprint density at radius 3 is 2.61 bits per heavy atom. The van der Waals surface area contributed by atoms with Gasteiger partial charge in [-0.1, -0.05) is 12.1 Å². The first kappa shape index (κ1) is 17.2. The highest BCUT2D eigenvalue weighted by Gasteiger charge is 2.24. The molecule has 1 N–H and O–H groups in total. The number of sulfone groups is 1. The van der Waals surface area contributed by atoms with Gasteiger partial charge in [-0.3, -0.25) is 4.99 Å². The highest BCUT2D eigenvalue weighted by molar-refractivity contribution is 7.90. The van der Waals surface area contributed by atoms with E-state index in [4.69, 9.17) is 4.74 Å². The minimum absolute atomic E-state index is 0.0558. The molecule has 1 fully saturated rings. The van der Waals surface area contributed by atoms with E-state index < -0.39 is 21.6 Å². The van der Waals surface area contributed by atoms with Crippen LogP contribution in [0, 0.1) is 0 Å². The summed E-state index contributed by atoms with van der Waals surface area (Å²) in [5.41, 5.74) is -0.0878. The molecule has 23 heavy (non-hydrogen) atoms. The lowest BCUT2D eigenvalue weighted by Crippen LogP contribution is -2.13. The highest BCUT2D eigenvalue weighted by atomic mass is 32.2. The fourth-order valence-electron chi connectivity index (χ4n) is 1.95. The van der Waals surface area contributed by atoms with Gasteiger partial charge in [0, 0.05) is 18.0 Å². The van der Waals surface area contributed by atoms with Crippen LogP contribution >= 0.6 is 0 Å². The van der Waals surface area contributed by atoms with E-state index in [1.807, 2.05) is 0 Å². The monoisotopic (exact) mass is 337 g/mol. The number of ether oxygens (including phenoxy) is 1. The lowest BCUT2D eigenvalue weighted by Gasteiger charge is -2.10. The number of carbonyl (C=O) groups is 1. The molecule has 0 unspecified atom stereocenters. The van der Waals surface area contributed by atoms with E-state index in [-0.39, 0.29) is 28.7 Å². The molecule has 0 spiro atoms. The summed E-state index contributed by atoms with van der Waals surface area (Å²) in [4.78, 5) is 16.2. The SMILES string of the molecule is CCOC(=O)C(C=NC1CC1)=C(O)c1ccccc1S(C)(=O)=O. The van der Waals surface area contributed by atoms with E-state index in [1.54, 1.807) is 19.1 Å². The molecule has 0 saturated heterocycles. The molecule has 6 nitrogen and oxygen atoms in total. The summed E-state index contributed by atoms with van der Waals surface area (Å²) in [7, 11) is -3.56. The van der Waals surface area contributed by atoms with Crippen molar-refractivity contribution in [2.45, 2.75) is 30.7 Å². The molecule has 2 rings (SSSR count). The Morgan fingerprint density at radius 2 is 2.04 bits per heavy atom. The average molecular weight is 337 g/mol. The molecule has 1 aliphatic rings. The van der Waals surface area contributed by atoms with Crippen LogP contribution in [-0.4, -0.2) is 44.6 Å². The minimum Gasteiger partial charge on any atom is -0.506 e. The third kappa shape index (κ3) is 4.41. The first-order valence-electron chi connectivity index (χ1n) is 7.27. The van der Waals surface area contributed by atoms with E-state index in [9.17, 15) is 18.3 Å². The molecule has 7 heteroatoms. The maximum atomic E-state index is 12.1. The van der Waals surface area contributed by atoms with Gasteiger partial charge in [-0.25, -0.2) is 13.2 Å². The molecule has 0 atom stereocenters. The van der Waals surface area contributed by atoms with Gasteiger partial charge in [0.2, 0.25) is 0 Å². The fourth-order valence-corrected chi connectivity index (χ4v) is 2.84. The van der Waals surface area contributed by atoms with Gasteiger partial charge in [0.25, 0.3) is 0 Å². The molecule has 0 heterocycles. The number of rotatable bonds is 6. The summed E-state index contributed by atoms with van der Waals surface area (Å²) in [6, 6.07) is 6.10. The number of aliphatic hydroxyl groups is 1. The molecular formula is C16H19NO5S. The van der Waals surface area contributed by atoms with E-state index >= 15 is 0 Å².